The molecular weight excluding hydrogens is 274 g/mol. The summed E-state index contributed by atoms with van der Waals surface area (Å²) in [4.78, 5) is 38.9. The summed E-state index contributed by atoms with van der Waals surface area (Å²) < 4.78 is 5.07. The van der Waals surface area contributed by atoms with Crippen LogP contribution in [0.15, 0.2) is 12.2 Å². The normalized spacial score (nSPS) is 33.0. The Bertz CT molecular complexity index is 454. The van der Waals surface area contributed by atoms with Gasteiger partial charge in [0.1, 0.15) is 0 Å². The van der Waals surface area contributed by atoms with Crippen molar-refractivity contribution in [1.82, 2.24) is 5.06 Å². The third-order valence-electron chi connectivity index (χ3n) is 4.57. The van der Waals surface area contributed by atoms with Gasteiger partial charge >= 0.3 is 6.16 Å². The Balaban J connectivity index is 1.42. The molecule has 0 aromatic rings. The Labute approximate surface area is 123 Å². The molecule has 3 rings (SSSR count). The van der Waals surface area contributed by atoms with Crippen molar-refractivity contribution in [3.05, 3.63) is 12.2 Å². The number of allylic oxidation sites excluding steroid dienone is 2. The highest BCUT2D eigenvalue weighted by atomic mass is 16.8. The molecule has 1 saturated heterocycles. The van der Waals surface area contributed by atoms with Gasteiger partial charge in [0.2, 0.25) is 0 Å². The highest BCUT2D eigenvalue weighted by Gasteiger charge is 2.49. The van der Waals surface area contributed by atoms with Crippen LogP contribution in [0, 0.1) is 17.8 Å². The fourth-order valence-electron chi connectivity index (χ4n) is 3.36. The lowest BCUT2D eigenvalue weighted by Crippen LogP contribution is -2.32. The van der Waals surface area contributed by atoms with Gasteiger partial charge in [0, 0.05) is 12.8 Å². The van der Waals surface area contributed by atoms with Gasteiger partial charge in [0.15, 0.2) is 0 Å². The predicted octanol–water partition coefficient (Wildman–Crippen LogP) is 2.20. The second kappa shape index (κ2) is 5.87. The number of carbonyl (C=O) groups excluding carboxylic acids is 3. The molecule has 21 heavy (non-hydrogen) atoms. The molecule has 114 valence electrons. The van der Waals surface area contributed by atoms with Crippen molar-refractivity contribution in [2.75, 3.05) is 6.61 Å². The van der Waals surface area contributed by atoms with E-state index in [0.29, 0.717) is 29.4 Å². The Morgan fingerprint density at radius 1 is 1.10 bits per heavy atom. The maximum absolute atomic E-state index is 11.6. The van der Waals surface area contributed by atoms with Crippen LogP contribution in [0.4, 0.5) is 4.79 Å². The van der Waals surface area contributed by atoms with E-state index in [0.717, 1.165) is 25.7 Å². The van der Waals surface area contributed by atoms with Crippen molar-refractivity contribution in [1.29, 1.82) is 0 Å². The van der Waals surface area contributed by atoms with Gasteiger partial charge in [-0.3, -0.25) is 14.4 Å². The molecule has 6 heteroatoms. The first-order valence-electron chi connectivity index (χ1n) is 7.52. The summed E-state index contributed by atoms with van der Waals surface area (Å²) in [6.45, 7) is 0.310. The van der Waals surface area contributed by atoms with Gasteiger partial charge in [0.25, 0.3) is 11.8 Å². The van der Waals surface area contributed by atoms with Crippen molar-refractivity contribution >= 4 is 18.0 Å². The minimum atomic E-state index is -0.962. The SMILES string of the molecule is O=C(OCC1[C@H]2CC/C=C\CC[C@@H]12)ON1C(=O)CCC1=O. The number of imide groups is 1. The molecule has 1 saturated carbocycles. The summed E-state index contributed by atoms with van der Waals surface area (Å²) in [5, 5.41) is 0.516. The van der Waals surface area contributed by atoms with E-state index in [1.165, 1.54) is 0 Å². The Kier molecular flexibility index (Phi) is 3.94. The summed E-state index contributed by atoms with van der Waals surface area (Å²) in [7, 11) is 0. The van der Waals surface area contributed by atoms with Crippen molar-refractivity contribution in [2.24, 2.45) is 17.8 Å². The fourth-order valence-corrected chi connectivity index (χ4v) is 3.36. The standard InChI is InChI=1S/C15H19NO5/c17-13-7-8-14(18)16(13)21-15(19)20-9-12-10-5-3-1-2-4-6-11(10)12/h1-2,10-12H,3-9H2/b2-1-/t10-,11+,12?. The average Bonchev–Trinajstić information content (AvgIpc) is 2.98. The van der Waals surface area contributed by atoms with E-state index in [4.69, 9.17) is 4.74 Å². The Hall–Kier alpha value is -1.85. The van der Waals surface area contributed by atoms with Crippen LogP contribution in [-0.4, -0.2) is 29.6 Å². The number of hydroxylamine groups is 2. The van der Waals surface area contributed by atoms with E-state index in [1.54, 1.807) is 0 Å². The number of rotatable bonds is 3. The number of fused-ring (bicyclic) bond motifs is 1. The first-order chi connectivity index (χ1) is 10.2. The molecule has 2 amide bonds. The maximum atomic E-state index is 11.6. The van der Waals surface area contributed by atoms with E-state index >= 15 is 0 Å². The highest BCUT2D eigenvalue weighted by Crippen LogP contribution is 2.52. The molecular formula is C15H19NO5. The molecule has 0 N–H and O–H groups in total. The van der Waals surface area contributed by atoms with E-state index in [-0.39, 0.29) is 12.8 Å². The van der Waals surface area contributed by atoms with Crippen molar-refractivity contribution in [3.8, 4) is 0 Å². The Morgan fingerprint density at radius 3 is 2.24 bits per heavy atom. The third-order valence-corrected chi connectivity index (χ3v) is 4.57. The van der Waals surface area contributed by atoms with E-state index in [2.05, 4.69) is 17.0 Å². The second-order valence-corrected chi connectivity index (χ2v) is 5.85. The summed E-state index contributed by atoms with van der Waals surface area (Å²) in [6, 6.07) is 0. The van der Waals surface area contributed by atoms with Gasteiger partial charge in [-0.1, -0.05) is 17.2 Å². The number of ether oxygens (including phenoxy) is 1. The molecule has 3 aliphatic rings. The van der Waals surface area contributed by atoms with Crippen LogP contribution < -0.4 is 0 Å². The molecule has 3 atom stereocenters. The molecule has 0 aromatic heterocycles. The highest BCUT2D eigenvalue weighted by molar-refractivity contribution is 6.01. The molecule has 1 aliphatic heterocycles. The number of hydrogen-bond acceptors (Lipinski definition) is 5. The lowest BCUT2D eigenvalue weighted by Gasteiger charge is -2.12. The first-order valence-corrected chi connectivity index (χ1v) is 7.52. The fraction of sp³-hybridized carbons (Fsp3) is 0.667. The summed E-state index contributed by atoms with van der Waals surface area (Å²) >= 11 is 0. The van der Waals surface area contributed by atoms with Gasteiger partial charge < -0.3 is 4.74 Å². The van der Waals surface area contributed by atoms with E-state index in [9.17, 15) is 14.4 Å². The molecule has 1 heterocycles. The van der Waals surface area contributed by atoms with Crippen molar-refractivity contribution < 1.29 is 24.0 Å². The molecule has 1 unspecified atom stereocenters. The molecule has 0 aromatic carbocycles. The van der Waals surface area contributed by atoms with Crippen molar-refractivity contribution in [3.63, 3.8) is 0 Å². The average molecular weight is 293 g/mol. The monoisotopic (exact) mass is 293 g/mol. The zero-order chi connectivity index (χ0) is 14.8. The zero-order valence-corrected chi connectivity index (χ0v) is 11.8. The van der Waals surface area contributed by atoms with Gasteiger partial charge in [-0.2, -0.15) is 0 Å². The quantitative estimate of drug-likeness (QED) is 0.453. The second-order valence-electron chi connectivity index (χ2n) is 5.85. The summed E-state index contributed by atoms with van der Waals surface area (Å²) in [5.41, 5.74) is 0. The van der Waals surface area contributed by atoms with Crippen LogP contribution in [0.25, 0.3) is 0 Å². The van der Waals surface area contributed by atoms with Gasteiger partial charge in [-0.25, -0.2) is 4.79 Å². The van der Waals surface area contributed by atoms with Crippen LogP contribution >= 0.6 is 0 Å². The third kappa shape index (κ3) is 3.09. The molecule has 0 bridgehead atoms. The summed E-state index contributed by atoms with van der Waals surface area (Å²) in [6.07, 6.45) is 8.07. The lowest BCUT2D eigenvalue weighted by molar-refractivity contribution is -0.177. The lowest BCUT2D eigenvalue weighted by atomic mass is 10.1. The maximum Gasteiger partial charge on any atom is 0.533 e. The number of hydrogen-bond donors (Lipinski definition) is 0. The number of nitrogens with zero attached hydrogens (tertiary/aromatic N) is 1. The van der Waals surface area contributed by atoms with Crippen molar-refractivity contribution in [2.45, 2.75) is 38.5 Å². The van der Waals surface area contributed by atoms with Crippen LogP contribution in [-0.2, 0) is 19.2 Å². The zero-order valence-electron chi connectivity index (χ0n) is 11.8. The minimum absolute atomic E-state index is 0.0892. The van der Waals surface area contributed by atoms with Crippen LogP contribution in [0.2, 0.25) is 0 Å². The Morgan fingerprint density at radius 2 is 1.67 bits per heavy atom. The molecule has 0 radical (unpaired) electrons. The molecule has 2 fully saturated rings. The van der Waals surface area contributed by atoms with E-state index < -0.39 is 18.0 Å². The van der Waals surface area contributed by atoms with E-state index in [1.807, 2.05) is 0 Å². The van der Waals surface area contributed by atoms with Gasteiger partial charge in [-0.05, 0) is 43.4 Å². The van der Waals surface area contributed by atoms with Crippen LogP contribution in [0.5, 0.6) is 0 Å². The number of carbonyl (C=O) groups is 3. The topological polar surface area (TPSA) is 72.9 Å². The van der Waals surface area contributed by atoms with Gasteiger partial charge in [-0.15, -0.1) is 0 Å². The largest absolute Gasteiger partial charge is 0.533 e. The van der Waals surface area contributed by atoms with Crippen LogP contribution in [0.3, 0.4) is 0 Å². The molecule has 2 aliphatic carbocycles. The first kappa shape index (κ1) is 14.1. The molecule has 6 nitrogen and oxygen atoms in total. The predicted molar refractivity (Wildman–Crippen MR) is 71.6 cm³/mol. The smallest absolute Gasteiger partial charge is 0.432 e. The number of amides is 2. The minimum Gasteiger partial charge on any atom is -0.432 e. The molecule has 0 spiro atoms. The summed E-state index contributed by atoms with van der Waals surface area (Å²) in [5.74, 6) is 0.658. The van der Waals surface area contributed by atoms with Gasteiger partial charge in [0.05, 0.1) is 6.61 Å². The van der Waals surface area contributed by atoms with Crippen LogP contribution in [0.1, 0.15) is 38.5 Å².